The average molecular weight is 366 g/mol. The summed E-state index contributed by atoms with van der Waals surface area (Å²) < 4.78 is 37.7. The lowest BCUT2D eigenvalue weighted by Gasteiger charge is -2.35. The van der Waals surface area contributed by atoms with Gasteiger partial charge in [-0.2, -0.15) is 13.2 Å². The highest BCUT2D eigenvalue weighted by atomic mass is 19.4. The van der Waals surface area contributed by atoms with Gasteiger partial charge in [0.25, 0.3) is 0 Å². The van der Waals surface area contributed by atoms with Crippen LogP contribution < -0.4 is 5.32 Å². The van der Waals surface area contributed by atoms with Gasteiger partial charge in [-0.1, -0.05) is 34.6 Å². The van der Waals surface area contributed by atoms with Crippen molar-refractivity contribution in [3.05, 3.63) is 0 Å². The van der Waals surface area contributed by atoms with E-state index in [1.54, 1.807) is 5.32 Å². The largest absolute Gasteiger partial charge is 0.480 e. The number of nitrogens with zero attached hydrogens (tertiary/aromatic N) is 1. The third-order valence-corrected chi connectivity index (χ3v) is 4.49. The number of amides is 2. The molecule has 0 spiro atoms. The minimum Gasteiger partial charge on any atom is -0.480 e. The van der Waals surface area contributed by atoms with Gasteiger partial charge in [-0.05, 0) is 23.7 Å². The van der Waals surface area contributed by atoms with E-state index in [-0.39, 0.29) is 24.8 Å². The van der Waals surface area contributed by atoms with Crippen LogP contribution in [0.2, 0.25) is 0 Å². The molecule has 0 aliphatic carbocycles. The third kappa shape index (κ3) is 5.09. The van der Waals surface area contributed by atoms with Crippen LogP contribution in [0.4, 0.5) is 13.2 Å². The Bertz CT molecular complexity index is 540. The van der Waals surface area contributed by atoms with E-state index < -0.39 is 41.5 Å². The molecule has 1 saturated heterocycles. The van der Waals surface area contributed by atoms with Crippen LogP contribution in [0, 0.1) is 17.3 Å². The number of aliphatic carboxylic acids is 1. The second kappa shape index (κ2) is 7.21. The van der Waals surface area contributed by atoms with Crippen LogP contribution >= 0.6 is 0 Å². The van der Waals surface area contributed by atoms with Crippen molar-refractivity contribution in [2.45, 2.75) is 59.3 Å². The van der Waals surface area contributed by atoms with Crippen molar-refractivity contribution in [1.82, 2.24) is 10.2 Å². The van der Waals surface area contributed by atoms with Gasteiger partial charge >= 0.3 is 18.1 Å². The topological polar surface area (TPSA) is 86.7 Å². The van der Waals surface area contributed by atoms with Crippen molar-refractivity contribution >= 4 is 17.8 Å². The molecule has 0 bridgehead atoms. The number of carboxylic acid groups (broad SMARTS) is 1. The zero-order valence-electron chi connectivity index (χ0n) is 15.0. The molecule has 2 N–H and O–H groups in total. The number of nitrogens with one attached hydrogen (secondary N) is 1. The van der Waals surface area contributed by atoms with E-state index in [2.05, 4.69) is 0 Å². The molecule has 6 nitrogen and oxygen atoms in total. The first-order valence-electron chi connectivity index (χ1n) is 8.07. The molecule has 1 aliphatic heterocycles. The molecule has 1 aliphatic rings. The number of likely N-dealkylation sites (tertiary alicyclic amines) is 1. The number of halogens is 3. The van der Waals surface area contributed by atoms with Crippen LogP contribution in [0.25, 0.3) is 0 Å². The zero-order chi connectivity index (χ0) is 19.7. The summed E-state index contributed by atoms with van der Waals surface area (Å²) in [6.45, 7) is 8.46. The second-order valence-electron chi connectivity index (χ2n) is 7.85. The standard InChI is InChI=1S/C16H25F3N2O4/c1-8(2)9-6-10(13(23)24)21(7-9)12(22)11(15(3,4)5)20-14(25)16(17,18)19/h8-11H,6-7H2,1-5H3,(H,20,25)(H,23,24)/t9?,10?,11-/m1/s1. The maximum Gasteiger partial charge on any atom is 0.471 e. The predicted octanol–water partition coefficient (Wildman–Crippen LogP) is 2.04. The van der Waals surface area contributed by atoms with Crippen molar-refractivity contribution in [2.24, 2.45) is 17.3 Å². The number of carbonyl (C=O) groups excluding carboxylic acids is 2. The molecule has 144 valence electrons. The fourth-order valence-electron chi connectivity index (χ4n) is 2.86. The fraction of sp³-hybridized carbons (Fsp3) is 0.812. The van der Waals surface area contributed by atoms with Gasteiger partial charge in [-0.3, -0.25) is 9.59 Å². The molecular weight excluding hydrogens is 341 g/mol. The lowest BCUT2D eigenvalue weighted by Crippen LogP contribution is -2.58. The normalized spacial score (nSPS) is 22.8. The van der Waals surface area contributed by atoms with Gasteiger partial charge in [0.1, 0.15) is 12.1 Å². The lowest BCUT2D eigenvalue weighted by molar-refractivity contribution is -0.176. The molecule has 0 aromatic heterocycles. The summed E-state index contributed by atoms with van der Waals surface area (Å²) in [4.78, 5) is 36.7. The number of carbonyl (C=O) groups is 3. The molecule has 0 aromatic rings. The van der Waals surface area contributed by atoms with Crippen molar-refractivity contribution < 1.29 is 32.7 Å². The highest BCUT2D eigenvalue weighted by molar-refractivity contribution is 5.92. The maximum atomic E-state index is 12.8. The molecule has 1 rings (SSSR count). The van der Waals surface area contributed by atoms with Crippen LogP contribution in [0.15, 0.2) is 0 Å². The van der Waals surface area contributed by atoms with Crippen molar-refractivity contribution in [2.75, 3.05) is 6.54 Å². The molecule has 3 atom stereocenters. The Kier molecular flexibility index (Phi) is 6.13. The van der Waals surface area contributed by atoms with Crippen molar-refractivity contribution in [3.8, 4) is 0 Å². The molecule has 0 radical (unpaired) electrons. The van der Waals surface area contributed by atoms with Crippen LogP contribution in [0.3, 0.4) is 0 Å². The predicted molar refractivity (Wildman–Crippen MR) is 83.5 cm³/mol. The highest BCUT2D eigenvalue weighted by Crippen LogP contribution is 2.32. The number of hydrogen-bond donors (Lipinski definition) is 2. The summed E-state index contributed by atoms with van der Waals surface area (Å²) in [5, 5.41) is 11.1. The van der Waals surface area contributed by atoms with Gasteiger partial charge in [-0.15, -0.1) is 0 Å². The van der Waals surface area contributed by atoms with E-state index in [1.165, 1.54) is 20.8 Å². The summed E-state index contributed by atoms with van der Waals surface area (Å²) in [6, 6.07) is -2.58. The highest BCUT2D eigenvalue weighted by Gasteiger charge is 2.48. The molecule has 0 aromatic carbocycles. The number of carboxylic acids is 1. The molecule has 1 fully saturated rings. The first kappa shape index (κ1) is 21.2. The zero-order valence-corrected chi connectivity index (χ0v) is 15.0. The fourth-order valence-corrected chi connectivity index (χ4v) is 2.86. The third-order valence-electron chi connectivity index (χ3n) is 4.49. The lowest BCUT2D eigenvalue weighted by atomic mass is 9.85. The van der Waals surface area contributed by atoms with Gasteiger partial charge in [0.05, 0.1) is 0 Å². The molecule has 25 heavy (non-hydrogen) atoms. The summed E-state index contributed by atoms with van der Waals surface area (Å²) in [5.74, 6) is -4.17. The smallest absolute Gasteiger partial charge is 0.471 e. The summed E-state index contributed by atoms with van der Waals surface area (Å²) in [6.07, 6.45) is -4.88. The maximum absolute atomic E-state index is 12.8. The average Bonchev–Trinajstić information content (AvgIpc) is 2.86. The van der Waals surface area contributed by atoms with E-state index in [0.29, 0.717) is 0 Å². The number of alkyl halides is 3. The molecule has 2 unspecified atom stereocenters. The van der Waals surface area contributed by atoms with Crippen LogP contribution in [0.1, 0.15) is 41.0 Å². The Morgan fingerprint density at radius 3 is 2.04 bits per heavy atom. The molecule has 2 amide bonds. The van der Waals surface area contributed by atoms with Crippen LogP contribution in [0.5, 0.6) is 0 Å². The number of rotatable bonds is 4. The van der Waals surface area contributed by atoms with Gasteiger partial charge in [-0.25, -0.2) is 4.79 Å². The van der Waals surface area contributed by atoms with E-state index in [1.807, 2.05) is 13.8 Å². The first-order chi connectivity index (χ1) is 11.2. The minimum atomic E-state index is -5.12. The van der Waals surface area contributed by atoms with Gasteiger partial charge in [0.2, 0.25) is 5.91 Å². The second-order valence-corrected chi connectivity index (χ2v) is 7.85. The van der Waals surface area contributed by atoms with E-state index in [4.69, 9.17) is 0 Å². The van der Waals surface area contributed by atoms with E-state index in [0.717, 1.165) is 4.90 Å². The first-order valence-corrected chi connectivity index (χ1v) is 8.07. The Labute approximate surface area is 144 Å². The Morgan fingerprint density at radius 2 is 1.68 bits per heavy atom. The number of hydrogen-bond acceptors (Lipinski definition) is 3. The molecule has 0 saturated carbocycles. The minimum absolute atomic E-state index is 0.0658. The monoisotopic (exact) mass is 366 g/mol. The van der Waals surface area contributed by atoms with Gasteiger partial charge in [0, 0.05) is 6.54 Å². The van der Waals surface area contributed by atoms with Crippen molar-refractivity contribution in [3.63, 3.8) is 0 Å². The molecule has 1 heterocycles. The summed E-state index contributed by atoms with van der Waals surface area (Å²) >= 11 is 0. The van der Waals surface area contributed by atoms with Crippen molar-refractivity contribution in [1.29, 1.82) is 0 Å². The van der Waals surface area contributed by atoms with E-state index in [9.17, 15) is 32.7 Å². The summed E-state index contributed by atoms with van der Waals surface area (Å²) in [7, 11) is 0. The SMILES string of the molecule is CC(C)C1CC(C(=O)O)N(C(=O)[C@@H](NC(=O)C(F)(F)F)C(C)(C)C)C1. The van der Waals surface area contributed by atoms with E-state index >= 15 is 0 Å². The summed E-state index contributed by atoms with van der Waals surface area (Å²) in [5.41, 5.74) is -1.02. The van der Waals surface area contributed by atoms with Gasteiger partial charge in [0.15, 0.2) is 0 Å². The Hall–Kier alpha value is -1.80. The Balaban J connectivity index is 3.11. The molecule has 9 heteroatoms. The van der Waals surface area contributed by atoms with Crippen LogP contribution in [-0.4, -0.2) is 52.6 Å². The molecular formula is C16H25F3N2O4. The Morgan fingerprint density at radius 1 is 1.16 bits per heavy atom. The van der Waals surface area contributed by atoms with Crippen LogP contribution in [-0.2, 0) is 14.4 Å². The van der Waals surface area contributed by atoms with Gasteiger partial charge < -0.3 is 15.3 Å². The quantitative estimate of drug-likeness (QED) is 0.797.